The van der Waals surface area contributed by atoms with E-state index in [1.54, 1.807) is 27.7 Å². The van der Waals surface area contributed by atoms with Crippen LogP contribution in [0.2, 0.25) is 10.0 Å². The predicted molar refractivity (Wildman–Crippen MR) is 213 cm³/mol. The fourth-order valence-electron chi connectivity index (χ4n) is 6.54. The van der Waals surface area contributed by atoms with Crippen LogP contribution in [0.5, 0.6) is 11.5 Å². The van der Waals surface area contributed by atoms with Crippen LogP contribution >= 0.6 is 23.2 Å². The molecule has 10 nitrogen and oxygen atoms in total. The number of hydrogen-bond donors (Lipinski definition) is 4. The van der Waals surface area contributed by atoms with Crippen molar-refractivity contribution in [3.63, 3.8) is 0 Å². The lowest BCUT2D eigenvalue weighted by Gasteiger charge is -2.10. The number of nitrogens with zero attached hydrogens (tertiary/aromatic N) is 2. The average Bonchev–Trinajstić information content (AvgIpc) is 3.61. The van der Waals surface area contributed by atoms with Gasteiger partial charge in [0.05, 0.1) is 33.9 Å². The van der Waals surface area contributed by atoms with Crippen LogP contribution < -0.4 is 10.6 Å². The van der Waals surface area contributed by atoms with E-state index in [1.807, 2.05) is 6.92 Å². The van der Waals surface area contributed by atoms with E-state index in [0.717, 1.165) is 30.7 Å². The summed E-state index contributed by atoms with van der Waals surface area (Å²) in [6, 6.07) is 12.2. The van der Waals surface area contributed by atoms with Crippen molar-refractivity contribution in [3.05, 3.63) is 128 Å². The highest BCUT2D eigenvalue weighted by molar-refractivity contribution is 6.31. The number of aromatic hydroxyl groups is 2. The minimum absolute atomic E-state index is 0.0126. The molecule has 6 rings (SSSR count). The topological polar surface area (TPSA) is 143 Å². The molecule has 6 aromatic rings. The number of phenols is 2. The van der Waals surface area contributed by atoms with Crippen molar-refractivity contribution in [3.8, 4) is 11.5 Å². The fourth-order valence-corrected chi connectivity index (χ4v) is 6.78. The number of amides is 2. The number of aromatic nitrogens is 2. The van der Waals surface area contributed by atoms with E-state index in [1.165, 1.54) is 45.5 Å². The van der Waals surface area contributed by atoms with Gasteiger partial charge in [0, 0.05) is 45.9 Å². The summed E-state index contributed by atoms with van der Waals surface area (Å²) in [6.07, 6.45) is 0.385. The highest BCUT2D eigenvalue weighted by atomic mass is 35.5. The average molecular weight is 842 g/mol. The summed E-state index contributed by atoms with van der Waals surface area (Å²) in [6.45, 7) is 9.09. The van der Waals surface area contributed by atoms with E-state index >= 15 is 0 Å². The molecule has 58 heavy (non-hydrogen) atoms. The second-order valence-corrected chi connectivity index (χ2v) is 14.5. The number of carbonyl (C=O) groups is 4. The third-order valence-electron chi connectivity index (χ3n) is 9.26. The maximum Gasteiger partial charge on any atom is 0.262 e. The number of nitrogens with one attached hydrogen (secondary N) is 2. The second-order valence-electron chi connectivity index (χ2n) is 13.7. The van der Waals surface area contributed by atoms with E-state index in [9.17, 15) is 47.0 Å². The molecule has 0 bridgehead atoms. The molecule has 0 fully saturated rings. The van der Waals surface area contributed by atoms with Crippen molar-refractivity contribution < 1.29 is 47.0 Å². The van der Waals surface area contributed by atoms with Gasteiger partial charge in [-0.05, 0) is 106 Å². The minimum Gasteiger partial charge on any atom is -0.505 e. The predicted octanol–water partition coefficient (Wildman–Crippen LogP) is 8.69. The van der Waals surface area contributed by atoms with E-state index in [-0.39, 0.29) is 84.8 Å². The molecule has 0 saturated heterocycles. The smallest absolute Gasteiger partial charge is 0.262 e. The summed E-state index contributed by atoms with van der Waals surface area (Å²) in [4.78, 5) is 50.7. The summed E-state index contributed by atoms with van der Waals surface area (Å²) in [5.74, 6) is -6.43. The first-order valence-electron chi connectivity index (χ1n) is 18.0. The zero-order valence-corrected chi connectivity index (χ0v) is 33.4. The molecule has 0 spiro atoms. The van der Waals surface area contributed by atoms with Crippen LogP contribution in [0.3, 0.4) is 0 Å². The molecule has 2 aromatic heterocycles. The summed E-state index contributed by atoms with van der Waals surface area (Å²) in [5, 5.41) is 24.8. The Labute approximate surface area is 340 Å². The molecule has 4 N–H and O–H groups in total. The Kier molecular flexibility index (Phi) is 13.2. The van der Waals surface area contributed by atoms with E-state index in [2.05, 4.69) is 10.6 Å². The summed E-state index contributed by atoms with van der Waals surface area (Å²) in [7, 11) is 0. The number of fused-ring (bicyclic) bond motifs is 2. The van der Waals surface area contributed by atoms with Crippen molar-refractivity contribution in [2.75, 3.05) is 6.54 Å². The Morgan fingerprint density at radius 3 is 1.47 bits per heavy atom. The van der Waals surface area contributed by atoms with Gasteiger partial charge in [-0.25, -0.2) is 17.6 Å². The van der Waals surface area contributed by atoms with Crippen molar-refractivity contribution in [1.82, 2.24) is 19.8 Å². The first-order chi connectivity index (χ1) is 27.4. The molecule has 0 aliphatic heterocycles. The summed E-state index contributed by atoms with van der Waals surface area (Å²) < 4.78 is 59.6. The zero-order chi connectivity index (χ0) is 42.7. The largest absolute Gasteiger partial charge is 0.505 e. The third kappa shape index (κ3) is 8.67. The quantitative estimate of drug-likeness (QED) is 0.107. The Bertz CT molecular complexity index is 2620. The molecule has 2 amide bonds. The number of halogens is 6. The number of phenolic OH excluding ortho intramolecular Hbond substituents is 2. The number of hydrogen-bond acceptors (Lipinski definition) is 6. The lowest BCUT2D eigenvalue weighted by Crippen LogP contribution is -2.31. The van der Waals surface area contributed by atoms with Crippen LogP contribution in [0.15, 0.2) is 60.7 Å². The molecule has 16 heteroatoms. The van der Waals surface area contributed by atoms with Crippen LogP contribution in [0.1, 0.15) is 70.4 Å². The van der Waals surface area contributed by atoms with Crippen LogP contribution in [0.25, 0.3) is 21.8 Å². The van der Waals surface area contributed by atoms with Gasteiger partial charge in [0.2, 0.25) is 11.8 Å². The highest BCUT2D eigenvalue weighted by Gasteiger charge is 2.27. The van der Waals surface area contributed by atoms with Crippen molar-refractivity contribution >= 4 is 68.6 Å². The van der Waals surface area contributed by atoms with E-state index in [0.29, 0.717) is 17.9 Å². The van der Waals surface area contributed by atoms with Gasteiger partial charge in [0.15, 0.2) is 23.1 Å². The zero-order valence-electron chi connectivity index (χ0n) is 31.9. The van der Waals surface area contributed by atoms with Crippen molar-refractivity contribution in [2.45, 2.75) is 59.9 Å². The normalized spacial score (nSPS) is 11.2. The van der Waals surface area contributed by atoms with Gasteiger partial charge < -0.3 is 20.8 Å². The minimum atomic E-state index is -0.924. The lowest BCUT2D eigenvalue weighted by atomic mass is 10.1. The summed E-state index contributed by atoms with van der Waals surface area (Å²) >= 11 is 11.4. The Hall–Kier alpha value is -5.86. The Balaban J connectivity index is 0.000000221. The molecule has 0 aliphatic rings. The molecule has 0 aliphatic carbocycles. The summed E-state index contributed by atoms with van der Waals surface area (Å²) in [5.41, 5.74) is 1.59. The number of rotatable bonds is 9. The van der Waals surface area contributed by atoms with Gasteiger partial charge in [-0.2, -0.15) is 0 Å². The number of carbonyl (C=O) groups excluding carboxylic acids is 4. The molecule has 0 atom stereocenters. The van der Waals surface area contributed by atoms with Crippen molar-refractivity contribution in [2.24, 2.45) is 0 Å². The fraction of sp³-hybridized carbons (Fsp3) is 0.238. The molecule has 0 radical (unpaired) electrons. The second kappa shape index (κ2) is 17.7. The maximum atomic E-state index is 14.8. The highest BCUT2D eigenvalue weighted by Crippen LogP contribution is 2.35. The monoisotopic (exact) mass is 840 g/mol. The van der Waals surface area contributed by atoms with E-state index in [4.69, 9.17) is 23.2 Å². The molecular formula is C42H38Cl2F4N4O6. The van der Waals surface area contributed by atoms with Gasteiger partial charge in [-0.3, -0.25) is 28.3 Å². The van der Waals surface area contributed by atoms with Crippen molar-refractivity contribution in [1.29, 1.82) is 0 Å². The maximum absolute atomic E-state index is 14.8. The third-order valence-corrected chi connectivity index (χ3v) is 9.88. The number of benzene rings is 4. The molecule has 304 valence electrons. The standard InChI is InChI=1S/2C21H19ClF2N2O3/c1-10(2)25-18(28)9-13-11(3)26(16-6-7-17(27)20(24)19(13)16)21(29)12-4-5-14(22)15(23)8-12;1-3-8-25-18(28)10-13-11(2)26(16-6-7-17(27)20(24)19(13)16)21(29)12-4-5-14(22)15(23)9-12/h4-8,10,27H,9H2,1-3H3,(H,25,28);4-7,9,27H,3,8,10H2,1-2H3,(H,25,28). The first kappa shape index (κ1) is 43.3. The SMILES string of the molecule is CCCNC(=O)Cc1c(C)n(C(=O)c2ccc(Cl)c(F)c2)c2ccc(O)c(F)c12.Cc1c(CC(=O)NC(C)C)c2c(F)c(O)ccc2n1C(=O)c1ccc(Cl)c(F)c1. The van der Waals surface area contributed by atoms with E-state index < -0.39 is 46.6 Å². The Morgan fingerprint density at radius 2 is 1.09 bits per heavy atom. The van der Waals surface area contributed by atoms with Crippen LogP contribution in [0.4, 0.5) is 17.6 Å². The lowest BCUT2D eigenvalue weighted by molar-refractivity contribution is -0.121. The Morgan fingerprint density at radius 1 is 0.672 bits per heavy atom. The molecule has 0 unspecified atom stereocenters. The molecular weight excluding hydrogens is 803 g/mol. The van der Waals surface area contributed by atoms with Crippen LogP contribution in [-0.4, -0.2) is 55.6 Å². The van der Waals surface area contributed by atoms with Crippen LogP contribution in [0, 0.1) is 37.1 Å². The van der Waals surface area contributed by atoms with Gasteiger partial charge in [-0.15, -0.1) is 0 Å². The molecule has 2 heterocycles. The van der Waals surface area contributed by atoms with Gasteiger partial charge in [0.25, 0.3) is 11.8 Å². The van der Waals surface area contributed by atoms with Gasteiger partial charge >= 0.3 is 0 Å². The molecule has 4 aromatic carbocycles. The van der Waals surface area contributed by atoms with Gasteiger partial charge in [-0.1, -0.05) is 30.1 Å². The molecule has 0 saturated carbocycles. The van der Waals surface area contributed by atoms with Gasteiger partial charge in [0.1, 0.15) is 11.6 Å². The van der Waals surface area contributed by atoms with Crippen LogP contribution in [-0.2, 0) is 22.4 Å². The first-order valence-corrected chi connectivity index (χ1v) is 18.7.